The highest BCUT2D eigenvalue weighted by Crippen LogP contribution is 2.14. The van der Waals surface area contributed by atoms with E-state index in [1.165, 1.54) is 0 Å². The number of nitrogens with one attached hydrogen (secondary N) is 2. The normalized spacial score (nSPS) is 17.1. The van der Waals surface area contributed by atoms with E-state index in [1.807, 2.05) is 36.4 Å². The maximum Gasteiger partial charge on any atom is 0.326 e. The number of hydrogen-bond donors (Lipinski definition) is 2. The molecule has 1 aliphatic heterocycles. The number of H-pyrrole nitrogens is 1. The molecule has 1 aliphatic rings. The van der Waals surface area contributed by atoms with Crippen molar-refractivity contribution in [2.24, 2.45) is 0 Å². The highest BCUT2D eigenvalue weighted by atomic mass is 16.8. The topological polar surface area (TPSA) is 85.3 Å². The number of rotatable bonds is 5. The van der Waals surface area contributed by atoms with Crippen LogP contribution in [0.2, 0.25) is 0 Å². The highest BCUT2D eigenvalue weighted by Gasteiger charge is 2.16. The molecule has 7 heteroatoms. The van der Waals surface area contributed by atoms with Gasteiger partial charge in [0.2, 0.25) is 0 Å². The van der Waals surface area contributed by atoms with Crippen molar-refractivity contribution in [3.63, 3.8) is 0 Å². The van der Waals surface area contributed by atoms with Gasteiger partial charge in [-0.15, -0.1) is 0 Å². The molecule has 1 saturated heterocycles. The van der Waals surface area contributed by atoms with Crippen molar-refractivity contribution in [2.75, 3.05) is 6.61 Å². The molecule has 1 fully saturated rings. The summed E-state index contributed by atoms with van der Waals surface area (Å²) < 4.78 is 7.09. The second kappa shape index (κ2) is 7.77. The first-order valence-corrected chi connectivity index (χ1v) is 9.05. The Morgan fingerprint density at radius 3 is 2.78 bits per heavy atom. The summed E-state index contributed by atoms with van der Waals surface area (Å²) in [6.45, 7) is 1.08. The minimum Gasteiger partial charge on any atom is -0.350 e. The van der Waals surface area contributed by atoms with Crippen LogP contribution in [0.1, 0.15) is 35.2 Å². The predicted octanol–water partition coefficient (Wildman–Crippen LogP) is 2.57. The van der Waals surface area contributed by atoms with Crippen molar-refractivity contribution in [1.29, 1.82) is 0 Å². The van der Waals surface area contributed by atoms with Crippen molar-refractivity contribution in [3.8, 4) is 0 Å². The number of hydroxylamine groups is 1. The van der Waals surface area contributed by atoms with E-state index < -0.39 is 0 Å². The van der Waals surface area contributed by atoms with Gasteiger partial charge in [0.25, 0.3) is 5.91 Å². The summed E-state index contributed by atoms with van der Waals surface area (Å²) in [5.41, 5.74) is 5.36. The molecule has 2 heterocycles. The standard InChI is InChI=1S/C20H21N3O4/c24-19(22-27-18-7-3-4-12-26-18)15-10-8-14(9-11-15)13-23-17-6-2-1-5-16(17)21-20(23)25/h1-2,5-6,8-11,18H,3-4,7,12-13H2,(H,21,25)(H,22,24). The summed E-state index contributed by atoms with van der Waals surface area (Å²) in [5, 5.41) is 0. The van der Waals surface area contributed by atoms with Gasteiger partial charge >= 0.3 is 5.69 Å². The third kappa shape index (κ3) is 3.94. The zero-order valence-corrected chi connectivity index (χ0v) is 14.8. The highest BCUT2D eigenvalue weighted by molar-refractivity contribution is 5.93. The first kappa shape index (κ1) is 17.5. The summed E-state index contributed by atoms with van der Waals surface area (Å²) in [6.07, 6.45) is 2.45. The van der Waals surface area contributed by atoms with Crippen LogP contribution in [0.4, 0.5) is 0 Å². The third-order valence-electron chi connectivity index (χ3n) is 4.66. The lowest BCUT2D eigenvalue weighted by Gasteiger charge is -2.22. The lowest BCUT2D eigenvalue weighted by molar-refractivity contribution is -0.186. The average Bonchev–Trinajstić information content (AvgIpc) is 3.03. The van der Waals surface area contributed by atoms with Crippen LogP contribution in [0.15, 0.2) is 53.3 Å². The fraction of sp³-hybridized carbons (Fsp3) is 0.300. The molecule has 1 atom stereocenters. The van der Waals surface area contributed by atoms with Crippen molar-refractivity contribution in [2.45, 2.75) is 32.1 Å². The molecule has 2 N–H and O–H groups in total. The van der Waals surface area contributed by atoms with Crippen LogP contribution in [0, 0.1) is 0 Å². The van der Waals surface area contributed by atoms with E-state index >= 15 is 0 Å². The van der Waals surface area contributed by atoms with E-state index in [9.17, 15) is 9.59 Å². The number of benzene rings is 2. The monoisotopic (exact) mass is 367 g/mol. The Bertz CT molecular complexity index is 984. The first-order valence-electron chi connectivity index (χ1n) is 9.05. The fourth-order valence-corrected chi connectivity index (χ4v) is 3.19. The summed E-state index contributed by atoms with van der Waals surface area (Å²) in [6, 6.07) is 14.7. The summed E-state index contributed by atoms with van der Waals surface area (Å²) in [4.78, 5) is 32.5. The number of para-hydroxylation sites is 2. The largest absolute Gasteiger partial charge is 0.350 e. The van der Waals surface area contributed by atoms with Gasteiger partial charge in [-0.3, -0.25) is 9.36 Å². The van der Waals surface area contributed by atoms with E-state index in [0.29, 0.717) is 18.7 Å². The zero-order chi connectivity index (χ0) is 18.6. The molecule has 27 heavy (non-hydrogen) atoms. The quantitative estimate of drug-likeness (QED) is 0.679. The number of carbonyl (C=O) groups excluding carboxylic acids is 1. The summed E-state index contributed by atoms with van der Waals surface area (Å²) >= 11 is 0. The number of ether oxygens (including phenoxy) is 1. The molecule has 0 bridgehead atoms. The Hall–Kier alpha value is -2.90. The maximum atomic E-state index is 12.2. The summed E-state index contributed by atoms with van der Waals surface area (Å²) in [5.74, 6) is -0.319. The fourth-order valence-electron chi connectivity index (χ4n) is 3.19. The van der Waals surface area contributed by atoms with Crippen LogP contribution in [0.5, 0.6) is 0 Å². The van der Waals surface area contributed by atoms with Crippen molar-refractivity contribution in [3.05, 3.63) is 70.1 Å². The van der Waals surface area contributed by atoms with Gasteiger partial charge in [0.1, 0.15) is 0 Å². The van der Waals surface area contributed by atoms with E-state index in [0.717, 1.165) is 35.9 Å². The Morgan fingerprint density at radius 1 is 1.19 bits per heavy atom. The number of nitrogens with zero attached hydrogens (tertiary/aromatic N) is 1. The van der Waals surface area contributed by atoms with Gasteiger partial charge in [0.15, 0.2) is 6.29 Å². The second-order valence-electron chi connectivity index (χ2n) is 6.58. The number of amides is 1. The zero-order valence-electron chi connectivity index (χ0n) is 14.8. The molecule has 0 spiro atoms. The lowest BCUT2D eigenvalue weighted by Crippen LogP contribution is -2.33. The molecular weight excluding hydrogens is 346 g/mol. The van der Waals surface area contributed by atoms with Crippen LogP contribution in [0.3, 0.4) is 0 Å². The molecule has 7 nitrogen and oxygen atoms in total. The van der Waals surface area contributed by atoms with Gasteiger partial charge in [-0.05, 0) is 42.7 Å². The second-order valence-corrected chi connectivity index (χ2v) is 6.58. The number of aromatic amines is 1. The predicted molar refractivity (Wildman–Crippen MR) is 100 cm³/mol. The van der Waals surface area contributed by atoms with Crippen molar-refractivity contribution < 1.29 is 14.4 Å². The van der Waals surface area contributed by atoms with Gasteiger partial charge in [-0.2, -0.15) is 0 Å². The molecule has 0 aliphatic carbocycles. The Morgan fingerprint density at radius 2 is 2.00 bits per heavy atom. The molecule has 0 saturated carbocycles. The molecule has 1 amide bonds. The maximum absolute atomic E-state index is 12.2. The van der Waals surface area contributed by atoms with E-state index in [4.69, 9.17) is 9.57 Å². The van der Waals surface area contributed by atoms with Gasteiger partial charge in [0, 0.05) is 18.6 Å². The molecule has 3 aromatic rings. The Balaban J connectivity index is 1.41. The van der Waals surface area contributed by atoms with E-state index in [-0.39, 0.29) is 17.9 Å². The number of carbonyl (C=O) groups is 1. The number of fused-ring (bicyclic) bond motifs is 1. The van der Waals surface area contributed by atoms with Crippen LogP contribution in [-0.2, 0) is 16.1 Å². The molecule has 2 aromatic carbocycles. The van der Waals surface area contributed by atoms with Crippen LogP contribution >= 0.6 is 0 Å². The minimum absolute atomic E-state index is 0.154. The Labute approximate surface area is 155 Å². The number of imidazole rings is 1. The molecule has 0 radical (unpaired) electrons. The SMILES string of the molecule is O=C(NOC1CCCCO1)c1ccc(Cn2c(=O)[nH]c3ccccc32)cc1. The van der Waals surface area contributed by atoms with E-state index in [1.54, 1.807) is 16.7 Å². The summed E-state index contributed by atoms with van der Waals surface area (Å²) in [7, 11) is 0. The molecule has 1 aromatic heterocycles. The molecular formula is C20H21N3O4. The van der Waals surface area contributed by atoms with Crippen LogP contribution < -0.4 is 11.2 Å². The number of hydrogen-bond acceptors (Lipinski definition) is 4. The smallest absolute Gasteiger partial charge is 0.326 e. The average molecular weight is 367 g/mol. The lowest BCUT2D eigenvalue weighted by atomic mass is 10.1. The molecule has 4 rings (SSSR count). The van der Waals surface area contributed by atoms with E-state index in [2.05, 4.69) is 10.5 Å². The minimum atomic E-state index is -0.379. The van der Waals surface area contributed by atoms with Gasteiger partial charge in [0.05, 0.1) is 17.6 Å². The van der Waals surface area contributed by atoms with Gasteiger partial charge in [-0.25, -0.2) is 15.1 Å². The van der Waals surface area contributed by atoms with Crippen LogP contribution in [0.25, 0.3) is 11.0 Å². The number of aromatic nitrogens is 2. The van der Waals surface area contributed by atoms with Gasteiger partial charge < -0.3 is 9.72 Å². The Kier molecular flexibility index (Phi) is 5.04. The third-order valence-corrected chi connectivity index (χ3v) is 4.66. The van der Waals surface area contributed by atoms with Gasteiger partial charge in [-0.1, -0.05) is 24.3 Å². The first-order chi connectivity index (χ1) is 13.2. The molecule has 140 valence electrons. The van der Waals surface area contributed by atoms with Crippen LogP contribution in [-0.4, -0.2) is 28.4 Å². The molecule has 1 unspecified atom stereocenters. The van der Waals surface area contributed by atoms with Crippen molar-refractivity contribution in [1.82, 2.24) is 15.0 Å². The van der Waals surface area contributed by atoms with Crippen molar-refractivity contribution >= 4 is 16.9 Å².